The van der Waals surface area contributed by atoms with Gasteiger partial charge in [-0.25, -0.2) is 13.2 Å². The lowest BCUT2D eigenvalue weighted by molar-refractivity contribution is -0.125. The number of urea groups is 1. The topological polar surface area (TPSA) is 137 Å². The number of hydrogen-bond acceptors (Lipinski definition) is 7. The van der Waals surface area contributed by atoms with Crippen LogP contribution in [0.1, 0.15) is 69.8 Å². The molecule has 1 aliphatic rings. The Bertz CT molecular complexity index is 1550. The number of nitrogens with one attached hydrogen (secondary N) is 1. The Labute approximate surface area is 246 Å². The highest BCUT2D eigenvalue weighted by molar-refractivity contribution is 7.93. The summed E-state index contributed by atoms with van der Waals surface area (Å²) in [5.41, 5.74) is 7.92. The summed E-state index contributed by atoms with van der Waals surface area (Å²) in [6.07, 6.45) is 0.0233. The molecule has 0 saturated heterocycles. The first-order valence-corrected chi connectivity index (χ1v) is 15.3. The predicted octanol–water partition coefficient (Wildman–Crippen LogP) is 5.41. The standard InChI is InChI=1S/C31H37N3O7S/c1-6-7-22-16-24(11-15-26(22)41-29(30(32)35)23-10-14-27-28(17-23)40-18-39-27)34(31(36)33-20(4)5)42(37,38)25-12-8-21(9-13-25)19(2)3/h8-17,19-20,29H,6-7,18H2,1-5H3,(H2,32,35)(H,33,36). The Kier molecular flexibility index (Phi) is 9.30. The molecule has 10 nitrogen and oxygen atoms in total. The lowest BCUT2D eigenvalue weighted by Gasteiger charge is -2.26. The SMILES string of the molecule is CCCc1cc(N(C(=O)NC(C)C)S(=O)(=O)c2ccc(C(C)C)cc2)ccc1OC(C(N)=O)c1ccc2c(c1)OCO2. The van der Waals surface area contributed by atoms with E-state index in [2.05, 4.69) is 5.32 Å². The van der Waals surface area contributed by atoms with Gasteiger partial charge in [0, 0.05) is 11.6 Å². The van der Waals surface area contributed by atoms with Crippen LogP contribution in [0.3, 0.4) is 0 Å². The largest absolute Gasteiger partial charge is 0.476 e. The van der Waals surface area contributed by atoms with Gasteiger partial charge in [0.2, 0.25) is 12.9 Å². The van der Waals surface area contributed by atoms with Crippen molar-refractivity contribution in [3.05, 3.63) is 77.4 Å². The highest BCUT2D eigenvalue weighted by atomic mass is 32.2. The van der Waals surface area contributed by atoms with Gasteiger partial charge in [0.15, 0.2) is 11.5 Å². The molecular weight excluding hydrogens is 558 g/mol. The molecule has 0 bridgehead atoms. The van der Waals surface area contributed by atoms with Crippen molar-refractivity contribution >= 4 is 27.6 Å². The molecule has 1 heterocycles. The first-order chi connectivity index (χ1) is 19.9. The second kappa shape index (κ2) is 12.7. The molecule has 0 saturated carbocycles. The van der Waals surface area contributed by atoms with Gasteiger partial charge in [0.25, 0.3) is 15.9 Å². The number of fused-ring (bicyclic) bond motifs is 1. The van der Waals surface area contributed by atoms with Gasteiger partial charge in [-0.2, -0.15) is 4.31 Å². The minimum Gasteiger partial charge on any atom is -0.476 e. The number of carbonyl (C=O) groups is 2. The van der Waals surface area contributed by atoms with Crippen molar-refractivity contribution in [2.45, 2.75) is 70.4 Å². The van der Waals surface area contributed by atoms with E-state index in [4.69, 9.17) is 19.9 Å². The number of benzene rings is 3. The monoisotopic (exact) mass is 595 g/mol. The molecule has 0 fully saturated rings. The van der Waals surface area contributed by atoms with Crippen LogP contribution in [0.2, 0.25) is 0 Å². The summed E-state index contributed by atoms with van der Waals surface area (Å²) in [5, 5.41) is 2.70. The number of nitrogens with zero attached hydrogens (tertiary/aromatic N) is 1. The van der Waals surface area contributed by atoms with E-state index in [0.717, 1.165) is 9.87 Å². The van der Waals surface area contributed by atoms with E-state index in [9.17, 15) is 18.0 Å². The fourth-order valence-corrected chi connectivity index (χ4v) is 5.92. The highest BCUT2D eigenvalue weighted by Crippen LogP contribution is 2.37. The van der Waals surface area contributed by atoms with Crippen molar-refractivity contribution in [3.63, 3.8) is 0 Å². The van der Waals surface area contributed by atoms with E-state index >= 15 is 0 Å². The van der Waals surface area contributed by atoms with Gasteiger partial charge in [-0.1, -0.05) is 45.4 Å². The van der Waals surface area contributed by atoms with Gasteiger partial charge < -0.3 is 25.3 Å². The third-order valence-corrected chi connectivity index (χ3v) is 8.41. The van der Waals surface area contributed by atoms with Gasteiger partial charge >= 0.3 is 6.03 Å². The van der Waals surface area contributed by atoms with Crippen LogP contribution in [0.4, 0.5) is 10.5 Å². The Morgan fingerprint density at radius 1 is 0.952 bits per heavy atom. The van der Waals surface area contributed by atoms with Crippen LogP contribution >= 0.6 is 0 Å². The quantitative estimate of drug-likeness (QED) is 0.302. The fourth-order valence-electron chi connectivity index (χ4n) is 4.57. The average Bonchev–Trinajstić information content (AvgIpc) is 3.40. The Hall–Kier alpha value is -4.25. The van der Waals surface area contributed by atoms with Crippen LogP contribution in [0, 0.1) is 0 Å². The third-order valence-electron chi connectivity index (χ3n) is 6.68. The number of aryl methyl sites for hydroxylation is 1. The first-order valence-electron chi connectivity index (χ1n) is 13.9. The van der Waals surface area contributed by atoms with Crippen molar-refractivity contribution < 1.29 is 32.2 Å². The molecule has 0 radical (unpaired) electrons. The normalized spacial score (nSPS) is 13.2. The maximum absolute atomic E-state index is 13.9. The summed E-state index contributed by atoms with van der Waals surface area (Å²) in [7, 11) is -4.29. The number of nitrogens with two attached hydrogens (primary N) is 1. The lowest BCUT2D eigenvalue weighted by atomic mass is 10.0. The Balaban J connectivity index is 1.74. The smallest absolute Gasteiger partial charge is 0.336 e. The number of carbonyl (C=O) groups excluding carboxylic acids is 2. The van der Waals surface area contributed by atoms with E-state index in [1.54, 1.807) is 56.3 Å². The molecule has 3 aromatic rings. The summed E-state index contributed by atoms with van der Waals surface area (Å²) < 4.78 is 45.5. The molecule has 3 amide bonds. The van der Waals surface area contributed by atoms with Crippen molar-refractivity contribution in [1.29, 1.82) is 0 Å². The number of primary amides is 1. The molecule has 3 N–H and O–H groups in total. The Morgan fingerprint density at radius 3 is 2.24 bits per heavy atom. The second-order valence-corrected chi connectivity index (χ2v) is 12.4. The minimum absolute atomic E-state index is 0.0141. The van der Waals surface area contributed by atoms with Crippen LogP contribution in [0.5, 0.6) is 17.2 Å². The van der Waals surface area contributed by atoms with E-state index in [1.165, 1.54) is 18.2 Å². The van der Waals surface area contributed by atoms with Gasteiger partial charge in [-0.05, 0) is 79.8 Å². The first kappa shape index (κ1) is 30.7. The van der Waals surface area contributed by atoms with Gasteiger partial charge in [0.1, 0.15) is 5.75 Å². The molecule has 0 aliphatic carbocycles. The molecular formula is C31H37N3O7S. The van der Waals surface area contributed by atoms with Crippen molar-refractivity contribution in [1.82, 2.24) is 5.32 Å². The van der Waals surface area contributed by atoms with E-state index < -0.39 is 28.1 Å². The molecule has 11 heteroatoms. The summed E-state index contributed by atoms with van der Waals surface area (Å²) in [5.74, 6) is 0.867. The molecule has 0 aromatic heterocycles. The van der Waals surface area contributed by atoms with Crippen molar-refractivity contribution in [3.8, 4) is 17.2 Å². The van der Waals surface area contributed by atoms with Crippen molar-refractivity contribution in [2.24, 2.45) is 5.73 Å². The summed E-state index contributed by atoms with van der Waals surface area (Å²) in [6, 6.07) is 15.0. The molecule has 4 rings (SSSR count). The predicted molar refractivity (Wildman–Crippen MR) is 159 cm³/mol. The van der Waals surface area contributed by atoms with E-state index in [-0.39, 0.29) is 29.3 Å². The van der Waals surface area contributed by atoms with Gasteiger partial charge in [-0.3, -0.25) is 4.79 Å². The number of sulfonamides is 1. The minimum atomic E-state index is -4.29. The average molecular weight is 596 g/mol. The zero-order chi connectivity index (χ0) is 30.6. The van der Waals surface area contributed by atoms with Crippen LogP contribution in [0.25, 0.3) is 0 Å². The number of anilines is 1. The maximum atomic E-state index is 13.9. The molecule has 1 aliphatic heterocycles. The maximum Gasteiger partial charge on any atom is 0.336 e. The van der Waals surface area contributed by atoms with Gasteiger partial charge in [0.05, 0.1) is 10.6 Å². The number of rotatable bonds is 11. The van der Waals surface area contributed by atoms with Gasteiger partial charge in [-0.15, -0.1) is 0 Å². The van der Waals surface area contributed by atoms with Crippen LogP contribution in [-0.2, 0) is 21.2 Å². The molecule has 42 heavy (non-hydrogen) atoms. The lowest BCUT2D eigenvalue weighted by Crippen LogP contribution is -2.46. The fraction of sp³-hybridized carbons (Fsp3) is 0.355. The number of ether oxygens (including phenoxy) is 3. The summed E-state index contributed by atoms with van der Waals surface area (Å²) >= 11 is 0. The Morgan fingerprint density at radius 2 is 1.62 bits per heavy atom. The zero-order valence-corrected chi connectivity index (χ0v) is 25.2. The van der Waals surface area contributed by atoms with Crippen LogP contribution < -0.4 is 29.6 Å². The zero-order valence-electron chi connectivity index (χ0n) is 24.4. The van der Waals surface area contributed by atoms with E-state index in [1.807, 2.05) is 20.8 Å². The highest BCUT2D eigenvalue weighted by Gasteiger charge is 2.33. The number of amides is 3. The van der Waals surface area contributed by atoms with E-state index in [0.29, 0.717) is 41.2 Å². The number of hydrogen-bond donors (Lipinski definition) is 2. The van der Waals surface area contributed by atoms with Crippen molar-refractivity contribution in [2.75, 3.05) is 11.1 Å². The molecule has 3 aromatic carbocycles. The summed E-state index contributed by atoms with van der Waals surface area (Å²) in [6.45, 7) is 9.56. The molecule has 0 spiro atoms. The third kappa shape index (κ3) is 6.62. The second-order valence-electron chi connectivity index (χ2n) is 10.7. The molecule has 224 valence electrons. The summed E-state index contributed by atoms with van der Waals surface area (Å²) in [4.78, 5) is 25.8. The molecule has 1 unspecified atom stereocenters. The van der Waals surface area contributed by atoms with Crippen LogP contribution in [-0.4, -0.2) is 33.2 Å². The molecule has 1 atom stereocenters. The van der Waals surface area contributed by atoms with Crippen LogP contribution in [0.15, 0.2) is 65.6 Å².